The zero-order chi connectivity index (χ0) is 24.0. The van der Waals surface area contributed by atoms with E-state index in [-0.39, 0.29) is 0 Å². The molecule has 1 aliphatic rings. The Bertz CT molecular complexity index is 1180. The minimum Gasteiger partial charge on any atom is -0.383 e. The second-order valence-electron chi connectivity index (χ2n) is 9.64. The number of rotatable bonds is 10. The summed E-state index contributed by atoms with van der Waals surface area (Å²) < 4.78 is 7.53. The van der Waals surface area contributed by atoms with Gasteiger partial charge in [-0.2, -0.15) is 0 Å². The number of aryl methyl sites for hydroxylation is 1. The van der Waals surface area contributed by atoms with Gasteiger partial charge in [-0.1, -0.05) is 30.3 Å². The van der Waals surface area contributed by atoms with Gasteiger partial charge in [-0.3, -0.25) is 9.47 Å². The van der Waals surface area contributed by atoms with Gasteiger partial charge in [0.05, 0.1) is 12.6 Å². The molecule has 1 fully saturated rings. The summed E-state index contributed by atoms with van der Waals surface area (Å²) in [4.78, 5) is 8.60. The lowest BCUT2D eigenvalue weighted by Crippen LogP contribution is -2.45. The number of aromatic nitrogens is 4. The first-order chi connectivity index (χ1) is 17.2. The van der Waals surface area contributed by atoms with Crippen LogP contribution in [0.5, 0.6) is 0 Å². The summed E-state index contributed by atoms with van der Waals surface area (Å²) in [7, 11) is 4.07. The van der Waals surface area contributed by atoms with E-state index in [0.29, 0.717) is 12.1 Å². The number of nitrogens with zero attached hydrogens (tertiary/aromatic N) is 5. The fourth-order valence-electron chi connectivity index (χ4n) is 5.45. The number of likely N-dealkylation sites (N-methyl/N-ethyl adjacent to an activating group) is 1. The summed E-state index contributed by atoms with van der Waals surface area (Å²) in [6.07, 6.45) is 10.3. The van der Waals surface area contributed by atoms with Gasteiger partial charge in [0, 0.05) is 35.9 Å². The highest BCUT2D eigenvalue weighted by Crippen LogP contribution is 2.27. The molecule has 1 atom stereocenters. The Morgan fingerprint density at radius 1 is 1.09 bits per heavy atom. The smallest absolute Gasteiger partial charge is 0.123 e. The minimum atomic E-state index is 0.308. The van der Waals surface area contributed by atoms with Crippen molar-refractivity contribution in [3.63, 3.8) is 0 Å². The zero-order valence-electron chi connectivity index (χ0n) is 20.8. The second-order valence-corrected chi connectivity index (χ2v) is 9.64. The minimum absolute atomic E-state index is 0.308. The van der Waals surface area contributed by atoms with Crippen molar-refractivity contribution in [2.75, 3.05) is 40.4 Å². The van der Waals surface area contributed by atoms with Gasteiger partial charge in [-0.05, 0) is 81.7 Å². The van der Waals surface area contributed by atoms with Crippen LogP contribution in [0, 0.1) is 0 Å². The molecule has 7 nitrogen and oxygen atoms in total. The average Bonchev–Trinajstić information content (AvgIpc) is 3.58. The van der Waals surface area contributed by atoms with Gasteiger partial charge in [0.15, 0.2) is 0 Å². The molecule has 1 saturated heterocycles. The third-order valence-electron chi connectivity index (χ3n) is 7.52. The van der Waals surface area contributed by atoms with Gasteiger partial charge < -0.3 is 14.6 Å². The Balaban J connectivity index is 1.13. The Kier molecular flexibility index (Phi) is 7.57. The van der Waals surface area contributed by atoms with Crippen molar-refractivity contribution in [2.24, 2.45) is 0 Å². The predicted octanol–water partition coefficient (Wildman–Crippen LogP) is 4.47. The SMILES string of the molecule is COC[C@@H](c1ccccc1)N(C)C1CCN(CCCc2c[nH]c3ccc(-n4cnnc4)cc23)CC1. The van der Waals surface area contributed by atoms with Crippen molar-refractivity contribution in [2.45, 2.75) is 37.8 Å². The molecule has 4 aromatic rings. The molecule has 2 aromatic carbocycles. The number of methoxy groups -OCH3 is 1. The van der Waals surface area contributed by atoms with E-state index in [2.05, 4.69) is 86.8 Å². The highest BCUT2D eigenvalue weighted by atomic mass is 16.5. The van der Waals surface area contributed by atoms with Crippen molar-refractivity contribution in [3.05, 3.63) is 78.5 Å². The van der Waals surface area contributed by atoms with Crippen LogP contribution in [0.4, 0.5) is 0 Å². The number of nitrogens with one attached hydrogen (secondary N) is 1. The highest BCUT2D eigenvalue weighted by Gasteiger charge is 2.27. The summed E-state index contributed by atoms with van der Waals surface area (Å²) in [6, 6.07) is 18.1. The number of ether oxygens (including phenoxy) is 1. The van der Waals surface area contributed by atoms with E-state index in [1.807, 2.05) is 4.57 Å². The summed E-state index contributed by atoms with van der Waals surface area (Å²) in [5, 5.41) is 9.15. The van der Waals surface area contributed by atoms with Crippen LogP contribution in [0.25, 0.3) is 16.6 Å². The molecule has 1 N–H and O–H groups in total. The maximum absolute atomic E-state index is 5.58. The first kappa shape index (κ1) is 23.7. The lowest BCUT2D eigenvalue weighted by Gasteiger charge is -2.40. The largest absolute Gasteiger partial charge is 0.383 e. The third-order valence-corrected chi connectivity index (χ3v) is 7.52. The molecule has 0 unspecified atom stereocenters. The number of piperidine rings is 1. The van der Waals surface area contributed by atoms with Crippen LogP contribution < -0.4 is 0 Å². The molecule has 1 aliphatic heterocycles. The van der Waals surface area contributed by atoms with E-state index in [1.165, 1.54) is 41.3 Å². The lowest BCUT2D eigenvalue weighted by molar-refractivity contribution is 0.0505. The molecule has 5 rings (SSSR count). The molecule has 3 heterocycles. The first-order valence-corrected chi connectivity index (χ1v) is 12.7. The van der Waals surface area contributed by atoms with Gasteiger partial charge in [-0.25, -0.2) is 0 Å². The predicted molar refractivity (Wildman–Crippen MR) is 140 cm³/mol. The molecule has 35 heavy (non-hydrogen) atoms. The Hall–Kier alpha value is -3.00. The molecule has 2 aromatic heterocycles. The number of aromatic amines is 1. The summed E-state index contributed by atoms with van der Waals surface area (Å²) in [6.45, 7) is 4.20. The van der Waals surface area contributed by atoms with E-state index in [0.717, 1.165) is 38.3 Å². The Morgan fingerprint density at radius 3 is 2.60 bits per heavy atom. The molecule has 0 aliphatic carbocycles. The molecule has 0 radical (unpaired) electrons. The number of H-pyrrole nitrogens is 1. The molecular weight excluding hydrogens is 436 g/mol. The van der Waals surface area contributed by atoms with Crippen LogP contribution in [0.2, 0.25) is 0 Å². The van der Waals surface area contributed by atoms with Gasteiger partial charge >= 0.3 is 0 Å². The lowest BCUT2D eigenvalue weighted by atomic mass is 9.98. The zero-order valence-corrected chi connectivity index (χ0v) is 20.8. The molecule has 7 heteroatoms. The molecule has 0 saturated carbocycles. The van der Waals surface area contributed by atoms with Crippen molar-refractivity contribution >= 4 is 10.9 Å². The maximum Gasteiger partial charge on any atom is 0.123 e. The van der Waals surface area contributed by atoms with Crippen molar-refractivity contribution in [3.8, 4) is 5.69 Å². The standard InChI is InChI=1S/C28H36N6O/c1-32(28(19-35-2)22-7-4-3-5-8-22)24-12-15-33(16-13-24)14-6-9-23-18-29-27-11-10-25(17-26(23)27)34-20-30-31-21-34/h3-5,7-8,10-11,17-18,20-21,24,28-29H,6,9,12-16,19H2,1-2H3/t28-/m0/s1. The van der Waals surface area contributed by atoms with E-state index in [1.54, 1.807) is 19.8 Å². The average molecular weight is 473 g/mol. The first-order valence-electron chi connectivity index (χ1n) is 12.7. The van der Waals surface area contributed by atoms with Crippen molar-refractivity contribution in [1.82, 2.24) is 29.5 Å². The Labute approximate surface area is 207 Å². The van der Waals surface area contributed by atoms with Crippen LogP contribution in [-0.2, 0) is 11.2 Å². The quantitative estimate of drug-likeness (QED) is 0.369. The number of fused-ring (bicyclic) bond motifs is 1. The fraction of sp³-hybridized carbons (Fsp3) is 0.429. The van der Waals surface area contributed by atoms with Crippen molar-refractivity contribution in [1.29, 1.82) is 0 Å². The number of hydrogen-bond donors (Lipinski definition) is 1. The molecule has 0 bridgehead atoms. The van der Waals surface area contributed by atoms with Gasteiger partial charge in [-0.15, -0.1) is 10.2 Å². The molecule has 184 valence electrons. The van der Waals surface area contributed by atoms with Crippen LogP contribution in [0.3, 0.4) is 0 Å². The van der Waals surface area contributed by atoms with Crippen molar-refractivity contribution < 1.29 is 4.74 Å². The van der Waals surface area contributed by atoms with E-state index >= 15 is 0 Å². The van der Waals surface area contributed by atoms with Gasteiger partial charge in [0.2, 0.25) is 0 Å². The van der Waals surface area contributed by atoms with E-state index in [4.69, 9.17) is 4.74 Å². The number of hydrogen-bond acceptors (Lipinski definition) is 5. The van der Waals surface area contributed by atoms with E-state index < -0.39 is 0 Å². The topological polar surface area (TPSA) is 62.2 Å². The summed E-state index contributed by atoms with van der Waals surface area (Å²) in [5.74, 6) is 0. The van der Waals surface area contributed by atoms with Gasteiger partial charge in [0.25, 0.3) is 0 Å². The normalized spacial score (nSPS) is 16.3. The molecule has 0 amide bonds. The molecule has 0 spiro atoms. The molecular formula is C28H36N6O. The number of likely N-dealkylation sites (tertiary alicyclic amines) is 1. The number of benzene rings is 2. The van der Waals surface area contributed by atoms with Crippen LogP contribution in [-0.4, -0.2) is 76.0 Å². The van der Waals surface area contributed by atoms with Crippen LogP contribution in [0.15, 0.2) is 67.4 Å². The van der Waals surface area contributed by atoms with Crippen LogP contribution in [0.1, 0.15) is 36.4 Å². The highest BCUT2D eigenvalue weighted by molar-refractivity contribution is 5.85. The monoisotopic (exact) mass is 472 g/mol. The van der Waals surface area contributed by atoms with Crippen LogP contribution >= 0.6 is 0 Å². The third kappa shape index (κ3) is 5.48. The summed E-state index contributed by atoms with van der Waals surface area (Å²) >= 11 is 0. The van der Waals surface area contributed by atoms with Gasteiger partial charge in [0.1, 0.15) is 12.7 Å². The Morgan fingerprint density at radius 2 is 1.86 bits per heavy atom. The maximum atomic E-state index is 5.58. The van der Waals surface area contributed by atoms with E-state index in [9.17, 15) is 0 Å². The fourth-order valence-corrected chi connectivity index (χ4v) is 5.45. The summed E-state index contributed by atoms with van der Waals surface area (Å²) in [5.41, 5.74) is 5.00. The second kappa shape index (κ2) is 11.2.